The quantitative estimate of drug-likeness (QED) is 0.761. The highest BCUT2D eigenvalue weighted by Gasteiger charge is 2.35. The Morgan fingerprint density at radius 2 is 1.85 bits per heavy atom. The SMILES string of the molecule is CCc1cc2ccc(C(C)(C#N)CC3Oc4ccccc4O3)cc2[nH]c1=O. The molecule has 1 aliphatic rings. The molecule has 0 saturated heterocycles. The van der Waals surface area contributed by atoms with E-state index in [0.29, 0.717) is 24.3 Å². The van der Waals surface area contributed by atoms with Crippen LogP contribution in [0, 0.1) is 11.3 Å². The van der Waals surface area contributed by atoms with Gasteiger partial charge in [-0.3, -0.25) is 4.79 Å². The first-order chi connectivity index (χ1) is 13.0. The molecule has 0 spiro atoms. The molecule has 3 aromatic rings. The van der Waals surface area contributed by atoms with Crippen molar-refractivity contribution in [3.05, 3.63) is 70.0 Å². The summed E-state index contributed by atoms with van der Waals surface area (Å²) in [6.07, 6.45) is 0.533. The van der Waals surface area contributed by atoms with Gasteiger partial charge in [-0.2, -0.15) is 5.26 Å². The molecule has 1 atom stereocenters. The molecule has 1 unspecified atom stereocenters. The maximum atomic E-state index is 12.1. The summed E-state index contributed by atoms with van der Waals surface area (Å²) in [6, 6.07) is 17.5. The molecular weight excluding hydrogens is 340 g/mol. The van der Waals surface area contributed by atoms with Gasteiger partial charge in [-0.05, 0) is 48.6 Å². The van der Waals surface area contributed by atoms with E-state index in [1.165, 1.54) is 0 Å². The van der Waals surface area contributed by atoms with Crippen molar-refractivity contribution in [3.63, 3.8) is 0 Å². The third-order valence-corrected chi connectivity index (χ3v) is 5.13. The zero-order chi connectivity index (χ0) is 19.0. The molecule has 2 aromatic carbocycles. The van der Waals surface area contributed by atoms with Crippen LogP contribution in [0.1, 0.15) is 31.4 Å². The largest absolute Gasteiger partial charge is 0.451 e. The predicted molar refractivity (Wildman–Crippen MR) is 103 cm³/mol. The van der Waals surface area contributed by atoms with E-state index in [1.807, 2.05) is 62.4 Å². The molecule has 5 heteroatoms. The van der Waals surface area contributed by atoms with E-state index in [9.17, 15) is 10.1 Å². The third kappa shape index (κ3) is 3.04. The number of H-pyrrole nitrogens is 1. The molecule has 0 amide bonds. The first-order valence-electron chi connectivity index (χ1n) is 9.02. The Hall–Kier alpha value is -3.26. The van der Waals surface area contributed by atoms with Crippen LogP contribution in [0.2, 0.25) is 0 Å². The minimum absolute atomic E-state index is 0.0845. The van der Waals surface area contributed by atoms with Gasteiger partial charge in [0.25, 0.3) is 5.56 Å². The van der Waals surface area contributed by atoms with Crippen molar-refractivity contribution in [2.75, 3.05) is 0 Å². The number of aryl methyl sites for hydroxylation is 1. The number of nitrogens with zero attached hydrogens (tertiary/aromatic N) is 1. The number of rotatable bonds is 4. The summed E-state index contributed by atoms with van der Waals surface area (Å²) in [5.74, 6) is 1.38. The summed E-state index contributed by atoms with van der Waals surface area (Å²) in [6.45, 7) is 3.82. The van der Waals surface area contributed by atoms with Crippen LogP contribution in [-0.2, 0) is 11.8 Å². The number of benzene rings is 2. The molecule has 0 bridgehead atoms. The highest BCUT2D eigenvalue weighted by Crippen LogP contribution is 2.39. The number of pyridine rings is 1. The zero-order valence-electron chi connectivity index (χ0n) is 15.3. The van der Waals surface area contributed by atoms with Crippen molar-refractivity contribution in [2.24, 2.45) is 0 Å². The van der Waals surface area contributed by atoms with Crippen LogP contribution in [0.4, 0.5) is 0 Å². The summed E-state index contributed by atoms with van der Waals surface area (Å²) in [4.78, 5) is 15.1. The van der Waals surface area contributed by atoms with Gasteiger partial charge in [0.15, 0.2) is 11.5 Å². The van der Waals surface area contributed by atoms with Crippen molar-refractivity contribution in [3.8, 4) is 17.6 Å². The number of nitrogens with one attached hydrogen (secondary N) is 1. The highest BCUT2D eigenvalue weighted by atomic mass is 16.7. The molecule has 27 heavy (non-hydrogen) atoms. The third-order valence-electron chi connectivity index (χ3n) is 5.13. The highest BCUT2D eigenvalue weighted by molar-refractivity contribution is 5.80. The number of hydrogen-bond donors (Lipinski definition) is 1. The second-order valence-electron chi connectivity index (χ2n) is 7.04. The molecule has 1 aliphatic heterocycles. The summed E-state index contributed by atoms with van der Waals surface area (Å²) in [7, 11) is 0. The Labute approximate surface area is 157 Å². The van der Waals surface area contributed by atoms with Gasteiger partial charge in [-0.1, -0.05) is 31.2 Å². The van der Waals surface area contributed by atoms with Gasteiger partial charge >= 0.3 is 0 Å². The molecule has 4 rings (SSSR count). The number of fused-ring (bicyclic) bond motifs is 2. The average Bonchev–Trinajstić information content (AvgIpc) is 3.08. The van der Waals surface area contributed by atoms with Crippen LogP contribution in [0.5, 0.6) is 11.5 Å². The van der Waals surface area contributed by atoms with E-state index < -0.39 is 11.7 Å². The number of hydrogen-bond acceptors (Lipinski definition) is 4. The van der Waals surface area contributed by atoms with E-state index in [0.717, 1.165) is 22.0 Å². The first-order valence-corrected chi connectivity index (χ1v) is 9.02. The van der Waals surface area contributed by atoms with Crippen molar-refractivity contribution >= 4 is 10.9 Å². The number of aromatic nitrogens is 1. The molecule has 0 saturated carbocycles. The van der Waals surface area contributed by atoms with E-state index in [-0.39, 0.29) is 5.56 Å². The van der Waals surface area contributed by atoms with Crippen LogP contribution < -0.4 is 15.0 Å². The number of ether oxygens (including phenoxy) is 2. The summed E-state index contributed by atoms with van der Waals surface area (Å²) in [5, 5.41) is 10.8. The van der Waals surface area contributed by atoms with Gasteiger partial charge in [0.1, 0.15) is 0 Å². The normalized spacial score (nSPS) is 15.4. The number of nitriles is 1. The van der Waals surface area contributed by atoms with Crippen molar-refractivity contribution in [1.82, 2.24) is 4.98 Å². The van der Waals surface area contributed by atoms with Crippen molar-refractivity contribution in [2.45, 2.75) is 38.4 Å². The molecule has 136 valence electrons. The fraction of sp³-hybridized carbons (Fsp3) is 0.273. The lowest BCUT2D eigenvalue weighted by molar-refractivity contribution is 0.0295. The van der Waals surface area contributed by atoms with Crippen molar-refractivity contribution < 1.29 is 9.47 Å². The second-order valence-corrected chi connectivity index (χ2v) is 7.04. The minimum Gasteiger partial charge on any atom is -0.451 e. The van der Waals surface area contributed by atoms with Gasteiger partial charge in [0.2, 0.25) is 6.29 Å². The fourth-order valence-electron chi connectivity index (χ4n) is 3.45. The van der Waals surface area contributed by atoms with Crippen molar-refractivity contribution in [1.29, 1.82) is 5.26 Å². The van der Waals surface area contributed by atoms with Gasteiger partial charge in [-0.25, -0.2) is 0 Å². The maximum Gasteiger partial charge on any atom is 0.251 e. The molecule has 1 N–H and O–H groups in total. The molecule has 2 heterocycles. The summed E-state index contributed by atoms with van der Waals surface area (Å²) >= 11 is 0. The zero-order valence-corrected chi connectivity index (χ0v) is 15.3. The molecule has 0 fully saturated rings. The van der Waals surface area contributed by atoms with Gasteiger partial charge in [-0.15, -0.1) is 0 Å². The molecule has 0 radical (unpaired) electrons. The first kappa shape index (κ1) is 17.2. The van der Waals surface area contributed by atoms with Crippen LogP contribution in [0.25, 0.3) is 10.9 Å². The summed E-state index contributed by atoms with van der Waals surface area (Å²) in [5.41, 5.74) is 1.40. The Morgan fingerprint density at radius 3 is 2.48 bits per heavy atom. The Bertz CT molecular complexity index is 1090. The number of para-hydroxylation sites is 2. The minimum atomic E-state index is -0.818. The van der Waals surface area contributed by atoms with Gasteiger partial charge in [0, 0.05) is 17.5 Å². The number of aromatic amines is 1. The predicted octanol–water partition coefficient (Wildman–Crippen LogP) is 4.06. The Morgan fingerprint density at radius 1 is 1.15 bits per heavy atom. The molecule has 1 aromatic heterocycles. The van der Waals surface area contributed by atoms with E-state index in [1.54, 1.807) is 0 Å². The monoisotopic (exact) mass is 360 g/mol. The smallest absolute Gasteiger partial charge is 0.251 e. The molecule has 5 nitrogen and oxygen atoms in total. The van der Waals surface area contributed by atoms with E-state index >= 15 is 0 Å². The van der Waals surface area contributed by atoms with Crippen LogP contribution in [0.3, 0.4) is 0 Å². The topological polar surface area (TPSA) is 75.1 Å². The lowest BCUT2D eigenvalue weighted by Crippen LogP contribution is -2.31. The summed E-state index contributed by atoms with van der Waals surface area (Å²) < 4.78 is 11.7. The van der Waals surface area contributed by atoms with Crippen LogP contribution in [0.15, 0.2) is 53.3 Å². The Balaban J connectivity index is 1.65. The molecular formula is C22H20N2O3. The molecule has 0 aliphatic carbocycles. The maximum absolute atomic E-state index is 12.1. The average molecular weight is 360 g/mol. The van der Waals surface area contributed by atoms with Gasteiger partial charge in [0.05, 0.1) is 11.5 Å². The Kier molecular flexibility index (Phi) is 4.12. The van der Waals surface area contributed by atoms with Crippen LogP contribution in [-0.4, -0.2) is 11.3 Å². The lowest BCUT2D eigenvalue weighted by Gasteiger charge is -2.25. The second kappa shape index (κ2) is 6.48. The van der Waals surface area contributed by atoms with Gasteiger partial charge < -0.3 is 14.5 Å². The standard InChI is InChI=1S/C22H20N2O3/c1-3-14-10-15-8-9-16(11-17(15)24-21(14)25)22(2,13-23)12-20-26-18-6-4-5-7-19(18)27-20/h4-11,20H,3,12H2,1-2H3,(H,24,25). The van der Waals surface area contributed by atoms with E-state index in [2.05, 4.69) is 11.1 Å². The lowest BCUT2D eigenvalue weighted by atomic mass is 9.80. The van der Waals surface area contributed by atoms with Crippen LogP contribution >= 0.6 is 0 Å². The van der Waals surface area contributed by atoms with E-state index in [4.69, 9.17) is 9.47 Å². The fourth-order valence-corrected chi connectivity index (χ4v) is 3.45.